The zero-order valence-corrected chi connectivity index (χ0v) is 19.5. The monoisotopic (exact) mass is 477 g/mol. The molecule has 2 atom stereocenters. The first-order valence-corrected chi connectivity index (χ1v) is 11.6. The summed E-state index contributed by atoms with van der Waals surface area (Å²) in [6.45, 7) is 4.80. The summed E-state index contributed by atoms with van der Waals surface area (Å²) in [4.78, 5) is 28.6. The van der Waals surface area contributed by atoms with Gasteiger partial charge in [0.15, 0.2) is 11.4 Å². The Bertz CT molecular complexity index is 1380. The van der Waals surface area contributed by atoms with Crippen LogP contribution in [-0.2, 0) is 0 Å². The molecular weight excluding hydrogens is 452 g/mol. The van der Waals surface area contributed by atoms with Crippen LogP contribution in [0.5, 0.6) is 0 Å². The van der Waals surface area contributed by atoms with Gasteiger partial charge >= 0.3 is 0 Å². The van der Waals surface area contributed by atoms with Crippen molar-refractivity contribution in [3.63, 3.8) is 0 Å². The van der Waals surface area contributed by atoms with Crippen LogP contribution in [-0.4, -0.2) is 44.9 Å². The summed E-state index contributed by atoms with van der Waals surface area (Å²) in [5.74, 6) is -0.524. The van der Waals surface area contributed by atoms with Crippen LogP contribution in [0.3, 0.4) is 0 Å². The predicted octanol–water partition coefficient (Wildman–Crippen LogP) is 5.22. The van der Waals surface area contributed by atoms with Crippen LogP contribution < -0.4 is 5.32 Å². The number of aryl methyl sites for hydroxylation is 1. The third-order valence-corrected chi connectivity index (χ3v) is 6.51. The number of hydrogen-bond acceptors (Lipinski definition) is 6. The maximum absolute atomic E-state index is 14.3. The van der Waals surface area contributed by atoms with Crippen LogP contribution in [0.2, 0.25) is 0 Å². The van der Waals surface area contributed by atoms with Gasteiger partial charge < -0.3 is 14.6 Å². The lowest BCUT2D eigenvalue weighted by Gasteiger charge is -2.40. The summed E-state index contributed by atoms with van der Waals surface area (Å²) in [5, 5.41) is 3.18. The Labute approximate surface area is 201 Å². The van der Waals surface area contributed by atoms with Crippen molar-refractivity contribution in [1.29, 1.82) is 0 Å². The fraction of sp³-hybridized carbons (Fsp3) is 0.308. The van der Waals surface area contributed by atoms with Gasteiger partial charge in [-0.3, -0.25) is 4.79 Å². The summed E-state index contributed by atoms with van der Waals surface area (Å²) in [7, 11) is 0. The van der Waals surface area contributed by atoms with E-state index in [1.807, 2.05) is 4.90 Å². The van der Waals surface area contributed by atoms with Crippen molar-refractivity contribution in [2.45, 2.75) is 32.7 Å². The molecule has 2 aromatic heterocycles. The van der Waals surface area contributed by atoms with E-state index in [0.29, 0.717) is 46.7 Å². The van der Waals surface area contributed by atoms with Crippen LogP contribution in [0, 0.1) is 24.5 Å². The molecule has 3 heterocycles. The predicted molar refractivity (Wildman–Crippen MR) is 128 cm³/mol. The zero-order chi connectivity index (χ0) is 24.5. The van der Waals surface area contributed by atoms with E-state index in [2.05, 4.69) is 27.2 Å². The molecule has 180 valence electrons. The van der Waals surface area contributed by atoms with Crippen molar-refractivity contribution >= 4 is 23.0 Å². The van der Waals surface area contributed by atoms with Gasteiger partial charge in [-0.25, -0.2) is 18.7 Å². The maximum atomic E-state index is 14.3. The first-order chi connectivity index (χ1) is 16.9. The lowest BCUT2D eigenvalue weighted by atomic mass is 9.89. The fourth-order valence-corrected chi connectivity index (χ4v) is 4.76. The average molecular weight is 478 g/mol. The summed E-state index contributed by atoms with van der Waals surface area (Å²) >= 11 is 0. The highest BCUT2D eigenvalue weighted by Crippen LogP contribution is 2.31. The summed E-state index contributed by atoms with van der Waals surface area (Å²) in [6.07, 6.45) is 4.96. The van der Waals surface area contributed by atoms with E-state index in [-0.39, 0.29) is 23.9 Å². The van der Waals surface area contributed by atoms with Gasteiger partial charge in [0.25, 0.3) is 11.9 Å². The molecule has 0 spiro atoms. The number of aromatic nitrogens is 3. The Morgan fingerprint density at radius 3 is 2.77 bits per heavy atom. The van der Waals surface area contributed by atoms with Gasteiger partial charge in [-0.2, -0.15) is 4.98 Å². The van der Waals surface area contributed by atoms with Crippen molar-refractivity contribution in [1.82, 2.24) is 19.9 Å². The van der Waals surface area contributed by atoms with Gasteiger partial charge in [-0.05, 0) is 61.6 Å². The van der Waals surface area contributed by atoms with Crippen molar-refractivity contribution in [3.05, 3.63) is 71.6 Å². The van der Waals surface area contributed by atoms with Crippen molar-refractivity contribution < 1.29 is 18.0 Å². The lowest BCUT2D eigenvalue weighted by molar-refractivity contribution is 0.0539. The molecule has 1 amide bonds. The summed E-state index contributed by atoms with van der Waals surface area (Å²) in [5.41, 5.74) is 2.20. The number of anilines is 1. The Morgan fingerprint density at radius 1 is 1.17 bits per heavy atom. The van der Waals surface area contributed by atoms with Crippen LogP contribution >= 0.6 is 0 Å². The first kappa shape index (κ1) is 22.9. The number of halogens is 2. The minimum absolute atomic E-state index is 0.156. The lowest BCUT2D eigenvalue weighted by Crippen LogP contribution is -2.51. The van der Waals surface area contributed by atoms with Gasteiger partial charge in [-0.1, -0.05) is 6.92 Å². The minimum atomic E-state index is -0.445. The molecule has 5 rings (SSSR count). The molecule has 0 bridgehead atoms. The number of piperidine rings is 1. The van der Waals surface area contributed by atoms with Crippen molar-refractivity contribution in [2.24, 2.45) is 5.92 Å². The number of oxazole rings is 1. The van der Waals surface area contributed by atoms with E-state index in [4.69, 9.17) is 4.42 Å². The van der Waals surface area contributed by atoms with Crippen LogP contribution in [0.15, 0.2) is 53.2 Å². The molecule has 1 fully saturated rings. The summed E-state index contributed by atoms with van der Waals surface area (Å²) in [6, 6.07) is 8.64. The molecule has 2 aromatic carbocycles. The van der Waals surface area contributed by atoms with Gasteiger partial charge in [0.05, 0.1) is 11.6 Å². The quantitative estimate of drug-likeness (QED) is 0.424. The number of fused-ring (bicyclic) bond motifs is 1. The molecule has 1 saturated heterocycles. The molecule has 9 heteroatoms. The Balaban J connectivity index is 1.44. The number of amides is 1. The smallest absolute Gasteiger partial charge is 0.295 e. The second-order valence-corrected chi connectivity index (χ2v) is 8.92. The van der Waals surface area contributed by atoms with Crippen molar-refractivity contribution in [3.8, 4) is 11.4 Å². The standard InChI is InChI=1S/C26H25F2N5O2/c1-15-5-3-10-33(21(15)14-31-26-32-20-7-6-17(27)13-22(20)35-26)25(34)23-16(2)11-18(28)12-19(23)24-29-8-4-9-30-24/h4,6-9,11-13,15,21H,3,5,10,14H2,1-2H3,(H,31,32)/t15-,21-/m1/s1. The molecule has 0 unspecified atom stereocenters. The van der Waals surface area contributed by atoms with Gasteiger partial charge in [0, 0.05) is 37.1 Å². The van der Waals surface area contributed by atoms with E-state index in [9.17, 15) is 13.6 Å². The summed E-state index contributed by atoms with van der Waals surface area (Å²) < 4.78 is 33.5. The molecule has 1 N–H and O–H groups in total. The van der Waals surface area contributed by atoms with E-state index in [0.717, 1.165) is 12.8 Å². The highest BCUT2D eigenvalue weighted by Gasteiger charge is 2.34. The number of hydrogen-bond donors (Lipinski definition) is 1. The zero-order valence-electron chi connectivity index (χ0n) is 19.5. The van der Waals surface area contributed by atoms with E-state index in [1.165, 1.54) is 24.3 Å². The normalized spacial score (nSPS) is 18.1. The first-order valence-electron chi connectivity index (χ1n) is 11.6. The number of benzene rings is 2. The second kappa shape index (κ2) is 9.40. The fourth-order valence-electron chi connectivity index (χ4n) is 4.76. The Morgan fingerprint density at radius 2 is 1.97 bits per heavy atom. The highest BCUT2D eigenvalue weighted by atomic mass is 19.1. The number of nitrogens with zero attached hydrogens (tertiary/aromatic N) is 4. The second-order valence-electron chi connectivity index (χ2n) is 8.92. The van der Waals surface area contributed by atoms with Gasteiger partial charge in [-0.15, -0.1) is 0 Å². The molecule has 1 aliphatic heterocycles. The maximum Gasteiger partial charge on any atom is 0.295 e. The molecule has 0 radical (unpaired) electrons. The molecule has 0 aliphatic carbocycles. The molecule has 35 heavy (non-hydrogen) atoms. The van der Waals surface area contributed by atoms with Crippen LogP contribution in [0.25, 0.3) is 22.5 Å². The number of nitrogens with one attached hydrogen (secondary N) is 1. The molecule has 4 aromatic rings. The largest absolute Gasteiger partial charge is 0.423 e. The van der Waals surface area contributed by atoms with Crippen LogP contribution in [0.1, 0.15) is 35.7 Å². The SMILES string of the molecule is Cc1cc(F)cc(-c2ncccn2)c1C(=O)N1CCC[C@@H](C)[C@H]1CNc1nc2ccc(F)cc2o1. The van der Waals surface area contributed by atoms with Gasteiger partial charge in [0.2, 0.25) is 0 Å². The third-order valence-electron chi connectivity index (χ3n) is 6.51. The number of rotatable bonds is 5. The molecule has 7 nitrogen and oxygen atoms in total. The van der Waals surface area contributed by atoms with E-state index >= 15 is 0 Å². The number of carbonyl (C=O) groups is 1. The Kier molecular flexibility index (Phi) is 6.15. The molecule has 1 aliphatic rings. The molecule has 0 saturated carbocycles. The Hall–Kier alpha value is -3.88. The van der Waals surface area contributed by atoms with E-state index in [1.54, 1.807) is 31.5 Å². The van der Waals surface area contributed by atoms with Crippen molar-refractivity contribution in [2.75, 3.05) is 18.4 Å². The van der Waals surface area contributed by atoms with Gasteiger partial charge in [0.1, 0.15) is 17.2 Å². The third kappa shape index (κ3) is 4.58. The number of carbonyl (C=O) groups excluding carboxylic acids is 1. The minimum Gasteiger partial charge on any atom is -0.423 e. The average Bonchev–Trinajstić information content (AvgIpc) is 3.25. The topological polar surface area (TPSA) is 84.2 Å². The highest BCUT2D eigenvalue weighted by molar-refractivity contribution is 6.01. The number of likely N-dealkylation sites (tertiary alicyclic amines) is 1. The molecular formula is C26H25F2N5O2. The van der Waals surface area contributed by atoms with E-state index < -0.39 is 11.6 Å². The van der Waals surface area contributed by atoms with Crippen LogP contribution in [0.4, 0.5) is 14.8 Å².